The number of fused-ring (bicyclic) bond motifs is 1. The average molecular weight is 516 g/mol. The topological polar surface area (TPSA) is 61.6 Å². The van der Waals surface area contributed by atoms with Crippen LogP contribution in [-0.2, 0) is 22.1 Å². The maximum atomic E-state index is 12.9. The number of ether oxygens (including phenoxy) is 2. The van der Waals surface area contributed by atoms with Gasteiger partial charge in [0.1, 0.15) is 11.3 Å². The summed E-state index contributed by atoms with van der Waals surface area (Å²) in [6.45, 7) is 3.85. The minimum absolute atomic E-state index is 0.128. The van der Waals surface area contributed by atoms with Crippen LogP contribution in [0.15, 0.2) is 70.0 Å². The van der Waals surface area contributed by atoms with E-state index in [0.717, 1.165) is 33.9 Å². The van der Waals surface area contributed by atoms with Crippen molar-refractivity contribution in [2.75, 3.05) is 19.0 Å². The van der Waals surface area contributed by atoms with Gasteiger partial charge in [0.25, 0.3) is 0 Å². The fourth-order valence-electron chi connectivity index (χ4n) is 3.62. The predicted molar refractivity (Wildman–Crippen MR) is 132 cm³/mol. The molecular weight excluding hydrogens is 491 g/mol. The van der Waals surface area contributed by atoms with E-state index >= 15 is 0 Å². The number of nitrogens with zero attached hydrogens (tertiary/aromatic N) is 1. The summed E-state index contributed by atoms with van der Waals surface area (Å²) in [7, 11) is 0. The van der Waals surface area contributed by atoms with Crippen molar-refractivity contribution >= 4 is 28.8 Å². The van der Waals surface area contributed by atoms with Gasteiger partial charge in [-0.3, -0.25) is 0 Å². The quantitative estimate of drug-likeness (QED) is 0.175. The highest BCUT2D eigenvalue weighted by Crippen LogP contribution is 2.33. The molecule has 0 aliphatic rings. The number of halogens is 3. The molecule has 36 heavy (non-hydrogen) atoms. The standard InChI is InChI=1S/C27H24F3NO4S/c1-3-33-24(32)16-34-23-12-11-21(15-17(23)2)36-14-13-18-5-4-6-22-25(18)35-26(31-22)19-7-9-20(10-8-19)27(28,29)30/h4-12,15H,3,13-14,16H2,1-2H3. The van der Waals surface area contributed by atoms with Crippen LogP contribution in [0.2, 0.25) is 0 Å². The molecule has 1 heterocycles. The van der Waals surface area contributed by atoms with Crippen LogP contribution in [0.4, 0.5) is 13.2 Å². The maximum absolute atomic E-state index is 12.9. The smallest absolute Gasteiger partial charge is 0.416 e. The number of hydrogen-bond acceptors (Lipinski definition) is 6. The van der Waals surface area contributed by atoms with E-state index in [-0.39, 0.29) is 12.5 Å². The molecule has 0 saturated carbocycles. The summed E-state index contributed by atoms with van der Waals surface area (Å²) >= 11 is 1.67. The molecule has 0 radical (unpaired) electrons. The molecule has 3 aromatic carbocycles. The SMILES string of the molecule is CCOC(=O)COc1ccc(SCCc2cccc3nc(-c4ccc(C(F)(F)F)cc4)oc23)cc1C. The monoisotopic (exact) mass is 515 g/mol. The summed E-state index contributed by atoms with van der Waals surface area (Å²) in [6, 6.07) is 16.2. The summed E-state index contributed by atoms with van der Waals surface area (Å²) in [5, 5.41) is 0. The summed E-state index contributed by atoms with van der Waals surface area (Å²) in [5.41, 5.74) is 2.95. The second-order valence-corrected chi connectivity index (χ2v) is 9.15. The molecule has 188 valence electrons. The Balaban J connectivity index is 1.40. The van der Waals surface area contributed by atoms with Crippen molar-refractivity contribution in [3.05, 3.63) is 77.4 Å². The Kier molecular flexibility index (Phi) is 7.88. The molecule has 9 heteroatoms. The Bertz CT molecular complexity index is 1350. The van der Waals surface area contributed by atoms with Crippen molar-refractivity contribution in [3.63, 3.8) is 0 Å². The molecule has 1 aromatic heterocycles. The summed E-state index contributed by atoms with van der Waals surface area (Å²) in [4.78, 5) is 17.0. The van der Waals surface area contributed by atoms with Gasteiger partial charge in [0.2, 0.25) is 5.89 Å². The van der Waals surface area contributed by atoms with E-state index in [9.17, 15) is 18.0 Å². The molecule has 0 aliphatic carbocycles. The lowest BCUT2D eigenvalue weighted by Crippen LogP contribution is -2.14. The Labute approximate surface area is 210 Å². The molecule has 0 bridgehead atoms. The zero-order valence-electron chi connectivity index (χ0n) is 19.7. The van der Waals surface area contributed by atoms with Gasteiger partial charge in [-0.1, -0.05) is 12.1 Å². The van der Waals surface area contributed by atoms with E-state index in [0.29, 0.717) is 35.4 Å². The number of hydrogen-bond donors (Lipinski definition) is 0. The number of esters is 1. The van der Waals surface area contributed by atoms with Crippen LogP contribution in [0.1, 0.15) is 23.6 Å². The van der Waals surface area contributed by atoms with Gasteiger partial charge < -0.3 is 13.9 Å². The van der Waals surface area contributed by atoms with Crippen molar-refractivity contribution in [1.82, 2.24) is 4.98 Å². The first-order valence-electron chi connectivity index (χ1n) is 11.3. The van der Waals surface area contributed by atoms with E-state index in [1.807, 2.05) is 43.3 Å². The first kappa shape index (κ1) is 25.6. The van der Waals surface area contributed by atoms with Crippen LogP contribution in [0, 0.1) is 6.92 Å². The molecule has 0 aliphatic heterocycles. The van der Waals surface area contributed by atoms with Crippen LogP contribution in [0.5, 0.6) is 5.75 Å². The fourth-order valence-corrected chi connectivity index (χ4v) is 4.60. The normalized spacial score (nSPS) is 11.6. The van der Waals surface area contributed by atoms with Crippen molar-refractivity contribution in [1.29, 1.82) is 0 Å². The summed E-state index contributed by atoms with van der Waals surface area (Å²) < 4.78 is 54.9. The molecule has 0 fully saturated rings. The number of carbonyl (C=O) groups excluding carboxylic acids is 1. The molecule has 4 aromatic rings. The van der Waals surface area contributed by atoms with Gasteiger partial charge in [-0.05, 0) is 79.9 Å². The number of rotatable bonds is 9. The molecule has 0 atom stereocenters. The lowest BCUT2D eigenvalue weighted by molar-refractivity contribution is -0.145. The molecule has 4 rings (SSSR count). The second-order valence-electron chi connectivity index (χ2n) is 7.98. The highest BCUT2D eigenvalue weighted by molar-refractivity contribution is 7.99. The number of carbonyl (C=O) groups is 1. The third kappa shape index (κ3) is 6.20. The van der Waals surface area contributed by atoms with E-state index in [2.05, 4.69) is 4.98 Å². The molecule has 0 saturated heterocycles. The Hall–Kier alpha value is -3.46. The van der Waals surface area contributed by atoms with Crippen LogP contribution in [-0.4, -0.2) is 29.9 Å². The van der Waals surface area contributed by atoms with Gasteiger partial charge in [-0.25, -0.2) is 9.78 Å². The lowest BCUT2D eigenvalue weighted by Gasteiger charge is -2.10. The fraction of sp³-hybridized carbons (Fsp3) is 0.259. The molecule has 5 nitrogen and oxygen atoms in total. The number of benzene rings is 3. The van der Waals surface area contributed by atoms with Crippen LogP contribution >= 0.6 is 11.8 Å². The van der Waals surface area contributed by atoms with Crippen LogP contribution in [0.25, 0.3) is 22.6 Å². The largest absolute Gasteiger partial charge is 0.482 e. The summed E-state index contributed by atoms with van der Waals surface area (Å²) in [6.07, 6.45) is -3.68. The van der Waals surface area contributed by atoms with Crippen molar-refractivity contribution in [3.8, 4) is 17.2 Å². The third-order valence-corrected chi connectivity index (χ3v) is 6.39. The molecule has 0 spiro atoms. The predicted octanol–water partition coefficient (Wildman–Crippen LogP) is 7.10. The van der Waals surface area contributed by atoms with E-state index in [1.165, 1.54) is 12.1 Å². The number of aryl methyl sites for hydroxylation is 2. The minimum atomic E-state index is -4.39. The van der Waals surface area contributed by atoms with E-state index in [4.69, 9.17) is 13.9 Å². The zero-order chi connectivity index (χ0) is 25.7. The van der Waals surface area contributed by atoms with Crippen LogP contribution < -0.4 is 4.74 Å². The van der Waals surface area contributed by atoms with Gasteiger partial charge in [0, 0.05) is 16.2 Å². The van der Waals surface area contributed by atoms with E-state index in [1.54, 1.807) is 18.7 Å². The lowest BCUT2D eigenvalue weighted by atomic mass is 10.1. The van der Waals surface area contributed by atoms with Gasteiger partial charge in [0.05, 0.1) is 12.2 Å². The number of alkyl halides is 3. The maximum Gasteiger partial charge on any atom is 0.416 e. The minimum Gasteiger partial charge on any atom is -0.482 e. The molecule has 0 unspecified atom stereocenters. The van der Waals surface area contributed by atoms with Crippen LogP contribution in [0.3, 0.4) is 0 Å². The Morgan fingerprint density at radius 3 is 2.56 bits per heavy atom. The third-order valence-electron chi connectivity index (χ3n) is 5.39. The first-order chi connectivity index (χ1) is 17.2. The van der Waals surface area contributed by atoms with Gasteiger partial charge in [-0.2, -0.15) is 13.2 Å². The Morgan fingerprint density at radius 2 is 1.86 bits per heavy atom. The second kappa shape index (κ2) is 11.1. The van der Waals surface area contributed by atoms with Gasteiger partial charge >= 0.3 is 12.1 Å². The number of thioether (sulfide) groups is 1. The average Bonchev–Trinajstić information content (AvgIpc) is 3.29. The molecule has 0 amide bonds. The van der Waals surface area contributed by atoms with Crippen molar-refractivity contribution < 1.29 is 31.9 Å². The highest BCUT2D eigenvalue weighted by atomic mass is 32.2. The van der Waals surface area contributed by atoms with E-state index < -0.39 is 17.7 Å². The highest BCUT2D eigenvalue weighted by Gasteiger charge is 2.30. The number of oxazole rings is 1. The number of para-hydroxylation sites is 1. The van der Waals surface area contributed by atoms with Gasteiger partial charge in [0.15, 0.2) is 12.2 Å². The molecular formula is C27H24F3NO4S. The van der Waals surface area contributed by atoms with Crippen molar-refractivity contribution in [2.24, 2.45) is 0 Å². The first-order valence-corrected chi connectivity index (χ1v) is 12.3. The summed E-state index contributed by atoms with van der Waals surface area (Å²) in [5.74, 6) is 1.29. The Morgan fingerprint density at radius 1 is 1.08 bits per heavy atom. The zero-order valence-corrected chi connectivity index (χ0v) is 20.5. The van der Waals surface area contributed by atoms with Gasteiger partial charge in [-0.15, -0.1) is 11.8 Å². The molecule has 0 N–H and O–H groups in total. The number of aromatic nitrogens is 1. The van der Waals surface area contributed by atoms with Crippen molar-refractivity contribution in [2.45, 2.75) is 31.3 Å².